The van der Waals surface area contributed by atoms with Gasteiger partial charge in [-0.05, 0) is 37.3 Å². The maximum atomic E-state index is 12.8. The topological polar surface area (TPSA) is 81.7 Å². The molecule has 1 saturated heterocycles. The Labute approximate surface area is 184 Å². The maximum absolute atomic E-state index is 12.8. The highest BCUT2D eigenvalue weighted by Crippen LogP contribution is 2.17. The smallest absolute Gasteiger partial charge is 0.251 e. The van der Waals surface area contributed by atoms with Crippen LogP contribution in [0.25, 0.3) is 0 Å². The van der Waals surface area contributed by atoms with Gasteiger partial charge in [-0.25, -0.2) is 13.1 Å². The van der Waals surface area contributed by atoms with Crippen molar-refractivity contribution in [2.45, 2.75) is 17.9 Å². The number of anilines is 1. The molecule has 3 rings (SSSR count). The van der Waals surface area contributed by atoms with Crippen molar-refractivity contribution in [3.05, 3.63) is 72.8 Å². The highest BCUT2D eigenvalue weighted by molar-refractivity contribution is 7.89. The molecule has 166 valence electrons. The molecular formula is C23H30N4O3S. The molecule has 1 fully saturated rings. The van der Waals surface area contributed by atoms with E-state index in [9.17, 15) is 13.2 Å². The van der Waals surface area contributed by atoms with Crippen LogP contribution in [0, 0.1) is 0 Å². The van der Waals surface area contributed by atoms with E-state index in [0.29, 0.717) is 18.7 Å². The second-order valence-electron chi connectivity index (χ2n) is 7.59. The minimum atomic E-state index is -3.71. The van der Waals surface area contributed by atoms with Crippen molar-refractivity contribution in [3.63, 3.8) is 0 Å². The van der Waals surface area contributed by atoms with Crippen LogP contribution < -0.4 is 14.9 Å². The van der Waals surface area contributed by atoms with Crippen molar-refractivity contribution >= 4 is 21.6 Å². The van der Waals surface area contributed by atoms with E-state index in [4.69, 9.17) is 0 Å². The van der Waals surface area contributed by atoms with E-state index in [0.717, 1.165) is 26.2 Å². The van der Waals surface area contributed by atoms with E-state index < -0.39 is 10.0 Å². The molecule has 2 aromatic rings. The first kappa shape index (κ1) is 23.0. The highest BCUT2D eigenvalue weighted by atomic mass is 32.2. The molecule has 7 nitrogen and oxygen atoms in total. The lowest BCUT2D eigenvalue weighted by Gasteiger charge is -2.39. The maximum Gasteiger partial charge on any atom is 0.251 e. The van der Waals surface area contributed by atoms with Gasteiger partial charge in [-0.15, -0.1) is 6.58 Å². The van der Waals surface area contributed by atoms with Gasteiger partial charge in [0.05, 0.1) is 4.90 Å². The van der Waals surface area contributed by atoms with Crippen LogP contribution in [-0.2, 0) is 10.0 Å². The van der Waals surface area contributed by atoms with Crippen molar-refractivity contribution < 1.29 is 13.2 Å². The lowest BCUT2D eigenvalue weighted by Crippen LogP contribution is -2.52. The Balaban J connectivity index is 1.54. The van der Waals surface area contributed by atoms with E-state index in [1.807, 2.05) is 25.1 Å². The summed E-state index contributed by atoms with van der Waals surface area (Å²) in [5.41, 5.74) is 1.52. The van der Waals surface area contributed by atoms with Crippen molar-refractivity contribution in [3.8, 4) is 0 Å². The van der Waals surface area contributed by atoms with Gasteiger partial charge in [0, 0.05) is 56.6 Å². The molecule has 0 saturated carbocycles. The zero-order chi connectivity index (χ0) is 22.3. The third-order valence-electron chi connectivity index (χ3n) is 5.44. The summed E-state index contributed by atoms with van der Waals surface area (Å²) in [4.78, 5) is 16.8. The number of para-hydroxylation sites is 1. The number of nitrogens with one attached hydrogen (secondary N) is 2. The summed E-state index contributed by atoms with van der Waals surface area (Å²) in [5, 5.41) is 2.65. The zero-order valence-corrected chi connectivity index (χ0v) is 18.6. The quantitative estimate of drug-likeness (QED) is 0.581. The second kappa shape index (κ2) is 10.6. The third kappa shape index (κ3) is 6.16. The summed E-state index contributed by atoms with van der Waals surface area (Å²) >= 11 is 0. The summed E-state index contributed by atoms with van der Waals surface area (Å²) in [7, 11) is -3.71. The van der Waals surface area contributed by atoms with E-state index >= 15 is 0 Å². The van der Waals surface area contributed by atoms with E-state index in [2.05, 4.69) is 38.6 Å². The number of amides is 1. The molecule has 2 aromatic carbocycles. The van der Waals surface area contributed by atoms with Crippen LogP contribution in [0.2, 0.25) is 0 Å². The minimum Gasteiger partial charge on any atom is -0.369 e. The largest absolute Gasteiger partial charge is 0.369 e. The number of carbonyl (C=O) groups is 1. The molecule has 2 N–H and O–H groups in total. The molecule has 1 amide bonds. The standard InChI is InChI=1S/C23H30N4O3S/c1-3-12-24-23(28)20-8-7-11-22(17-20)31(29,30)25-18-19(2)26-13-15-27(16-14-26)21-9-5-4-6-10-21/h3-11,17,19,25H,1,12-16,18H2,2H3,(H,24,28). The van der Waals surface area contributed by atoms with Crippen molar-refractivity contribution in [2.75, 3.05) is 44.2 Å². The molecule has 1 aliphatic heterocycles. The zero-order valence-electron chi connectivity index (χ0n) is 17.8. The van der Waals surface area contributed by atoms with Crippen molar-refractivity contribution in [1.82, 2.24) is 14.9 Å². The number of carbonyl (C=O) groups excluding carboxylic acids is 1. The van der Waals surface area contributed by atoms with Crippen molar-refractivity contribution in [1.29, 1.82) is 0 Å². The Morgan fingerprint density at radius 2 is 1.81 bits per heavy atom. The van der Waals surface area contributed by atoms with Gasteiger partial charge < -0.3 is 10.2 Å². The van der Waals surface area contributed by atoms with Crippen LogP contribution >= 0.6 is 0 Å². The van der Waals surface area contributed by atoms with E-state index in [1.54, 1.807) is 18.2 Å². The molecule has 0 aromatic heterocycles. The summed E-state index contributed by atoms with van der Waals surface area (Å²) in [6.45, 7) is 9.77. The number of benzene rings is 2. The lowest BCUT2D eigenvalue weighted by molar-refractivity contribution is 0.0958. The van der Waals surface area contributed by atoms with Gasteiger partial charge in [0.2, 0.25) is 10.0 Å². The normalized spacial score (nSPS) is 16.0. The average Bonchev–Trinajstić information content (AvgIpc) is 2.81. The summed E-state index contributed by atoms with van der Waals surface area (Å²) in [6.07, 6.45) is 1.57. The number of rotatable bonds is 9. The predicted octanol–water partition coefficient (Wildman–Crippen LogP) is 2.09. The molecule has 1 aliphatic rings. The Bertz CT molecular complexity index is 987. The first-order valence-corrected chi connectivity index (χ1v) is 11.9. The Morgan fingerprint density at radius 3 is 2.48 bits per heavy atom. The van der Waals surface area contributed by atoms with Crippen LogP contribution in [0.15, 0.2) is 72.1 Å². The number of hydrogen-bond donors (Lipinski definition) is 2. The van der Waals surface area contributed by atoms with Crippen LogP contribution in [0.1, 0.15) is 17.3 Å². The molecule has 1 unspecified atom stereocenters. The van der Waals surface area contributed by atoms with Gasteiger partial charge in [0.15, 0.2) is 0 Å². The summed E-state index contributed by atoms with van der Waals surface area (Å²) in [6, 6.07) is 16.4. The van der Waals surface area contributed by atoms with Gasteiger partial charge in [-0.2, -0.15) is 0 Å². The summed E-state index contributed by atoms with van der Waals surface area (Å²) in [5.74, 6) is -0.332. The number of sulfonamides is 1. The molecule has 31 heavy (non-hydrogen) atoms. The average molecular weight is 443 g/mol. The molecule has 0 radical (unpaired) electrons. The Hall–Kier alpha value is -2.68. The van der Waals surface area contributed by atoms with Crippen LogP contribution in [-0.4, -0.2) is 64.5 Å². The van der Waals surface area contributed by atoms with Gasteiger partial charge in [-0.3, -0.25) is 9.69 Å². The fourth-order valence-corrected chi connectivity index (χ4v) is 4.74. The third-order valence-corrected chi connectivity index (χ3v) is 6.86. The van der Waals surface area contributed by atoms with Crippen molar-refractivity contribution in [2.24, 2.45) is 0 Å². The minimum absolute atomic E-state index is 0.0618. The Morgan fingerprint density at radius 1 is 1.10 bits per heavy atom. The first-order chi connectivity index (χ1) is 14.9. The predicted molar refractivity (Wildman–Crippen MR) is 124 cm³/mol. The molecule has 0 bridgehead atoms. The monoisotopic (exact) mass is 442 g/mol. The van der Waals surface area contributed by atoms with E-state index in [1.165, 1.54) is 17.8 Å². The van der Waals surface area contributed by atoms with Gasteiger partial charge in [0.1, 0.15) is 0 Å². The van der Waals surface area contributed by atoms with Gasteiger partial charge >= 0.3 is 0 Å². The molecule has 8 heteroatoms. The molecule has 0 spiro atoms. The van der Waals surface area contributed by atoms with Crippen LogP contribution in [0.4, 0.5) is 5.69 Å². The first-order valence-electron chi connectivity index (χ1n) is 10.4. The number of hydrogen-bond acceptors (Lipinski definition) is 5. The van der Waals surface area contributed by atoms with Crippen LogP contribution in [0.5, 0.6) is 0 Å². The lowest BCUT2D eigenvalue weighted by atomic mass is 10.2. The van der Waals surface area contributed by atoms with Gasteiger partial charge in [0.25, 0.3) is 5.91 Å². The summed E-state index contributed by atoms with van der Waals surface area (Å²) < 4.78 is 28.2. The molecular weight excluding hydrogens is 412 g/mol. The highest BCUT2D eigenvalue weighted by Gasteiger charge is 2.23. The molecule has 0 aliphatic carbocycles. The fraction of sp³-hybridized carbons (Fsp3) is 0.348. The molecule has 1 heterocycles. The molecule has 1 atom stereocenters. The van der Waals surface area contributed by atoms with Crippen LogP contribution in [0.3, 0.4) is 0 Å². The fourth-order valence-electron chi connectivity index (χ4n) is 3.57. The number of piperazine rings is 1. The SMILES string of the molecule is C=CCNC(=O)c1cccc(S(=O)(=O)NCC(C)N2CCN(c3ccccc3)CC2)c1. The number of nitrogens with zero attached hydrogens (tertiary/aromatic N) is 2. The van der Waals surface area contributed by atoms with E-state index in [-0.39, 0.29) is 16.8 Å². The van der Waals surface area contributed by atoms with Gasteiger partial charge in [-0.1, -0.05) is 30.3 Å². The Kier molecular flexibility index (Phi) is 7.84. The second-order valence-corrected chi connectivity index (χ2v) is 9.35.